The zero-order chi connectivity index (χ0) is 16.9. The number of carbonyl (C=O) groups excluding carboxylic acids is 1. The minimum atomic E-state index is -4.01. The number of benzene rings is 1. The molecular weight excluding hydrogens is 326 g/mol. The van der Waals surface area contributed by atoms with E-state index in [-0.39, 0.29) is 22.9 Å². The highest BCUT2D eigenvalue weighted by Gasteiger charge is 2.18. The number of anilines is 1. The first-order chi connectivity index (χ1) is 10.9. The van der Waals surface area contributed by atoms with Crippen molar-refractivity contribution in [3.05, 3.63) is 30.3 Å². The van der Waals surface area contributed by atoms with E-state index in [1.54, 1.807) is 6.07 Å². The second-order valence-corrected chi connectivity index (χ2v) is 5.69. The molecule has 0 unspecified atom stereocenters. The van der Waals surface area contributed by atoms with E-state index in [1.165, 1.54) is 38.5 Å². The van der Waals surface area contributed by atoms with Crippen molar-refractivity contribution in [1.82, 2.24) is 19.7 Å². The molecule has 0 saturated carbocycles. The van der Waals surface area contributed by atoms with Gasteiger partial charge >= 0.3 is 18.1 Å². The minimum Gasteiger partial charge on any atom is -0.467 e. The number of carbonyl (C=O) groups is 1. The van der Waals surface area contributed by atoms with Crippen LogP contribution in [0.5, 0.6) is 12.0 Å². The third kappa shape index (κ3) is 4.26. The van der Waals surface area contributed by atoms with Crippen LogP contribution in [0.2, 0.25) is 0 Å². The van der Waals surface area contributed by atoms with Gasteiger partial charge in [0.25, 0.3) is 10.0 Å². The molecule has 0 atom stereocenters. The number of aromatic nitrogens is 3. The zero-order valence-electron chi connectivity index (χ0n) is 12.2. The number of hydrogen-bond acceptors (Lipinski definition) is 8. The molecule has 0 bridgehead atoms. The maximum atomic E-state index is 12.0. The van der Waals surface area contributed by atoms with E-state index in [1.807, 2.05) is 4.72 Å². The van der Waals surface area contributed by atoms with E-state index in [0.717, 1.165) is 0 Å². The smallest absolute Gasteiger partial charge is 0.335 e. The van der Waals surface area contributed by atoms with Crippen LogP contribution in [0.3, 0.4) is 0 Å². The van der Waals surface area contributed by atoms with Crippen LogP contribution in [0, 0.1) is 0 Å². The Morgan fingerprint density at radius 3 is 2.09 bits per heavy atom. The monoisotopic (exact) mass is 339 g/mol. The van der Waals surface area contributed by atoms with Gasteiger partial charge < -0.3 is 9.47 Å². The number of amides is 2. The van der Waals surface area contributed by atoms with Gasteiger partial charge in [0, 0.05) is 0 Å². The Hall–Kier alpha value is -2.95. The van der Waals surface area contributed by atoms with E-state index < -0.39 is 16.1 Å². The van der Waals surface area contributed by atoms with E-state index in [2.05, 4.69) is 20.3 Å². The molecule has 0 aliphatic rings. The van der Waals surface area contributed by atoms with Gasteiger partial charge in [-0.3, -0.25) is 5.32 Å². The summed E-state index contributed by atoms with van der Waals surface area (Å²) in [5.41, 5.74) is 0. The van der Waals surface area contributed by atoms with Crippen molar-refractivity contribution in [3.8, 4) is 12.0 Å². The van der Waals surface area contributed by atoms with Crippen molar-refractivity contribution in [2.45, 2.75) is 4.90 Å². The fourth-order valence-corrected chi connectivity index (χ4v) is 2.41. The summed E-state index contributed by atoms with van der Waals surface area (Å²) in [6.45, 7) is 0. The van der Waals surface area contributed by atoms with Gasteiger partial charge in [0.15, 0.2) is 0 Å². The highest BCUT2D eigenvalue weighted by Crippen LogP contribution is 2.12. The molecule has 2 N–H and O–H groups in total. The number of hydrogen-bond donors (Lipinski definition) is 2. The van der Waals surface area contributed by atoms with Gasteiger partial charge in [0.05, 0.1) is 19.1 Å². The fourth-order valence-electron chi connectivity index (χ4n) is 1.48. The van der Waals surface area contributed by atoms with Gasteiger partial charge in [-0.05, 0) is 12.1 Å². The van der Waals surface area contributed by atoms with Crippen molar-refractivity contribution >= 4 is 22.0 Å². The van der Waals surface area contributed by atoms with Crippen molar-refractivity contribution in [2.24, 2.45) is 0 Å². The molecule has 0 fully saturated rings. The number of sulfonamides is 1. The second-order valence-electron chi connectivity index (χ2n) is 4.01. The molecule has 0 aliphatic carbocycles. The maximum Gasteiger partial charge on any atom is 0.335 e. The first-order valence-corrected chi connectivity index (χ1v) is 7.66. The van der Waals surface area contributed by atoms with E-state index in [0.29, 0.717) is 0 Å². The quantitative estimate of drug-likeness (QED) is 0.800. The molecule has 0 aliphatic heterocycles. The van der Waals surface area contributed by atoms with Crippen molar-refractivity contribution in [3.63, 3.8) is 0 Å². The van der Waals surface area contributed by atoms with Crippen molar-refractivity contribution in [1.29, 1.82) is 0 Å². The summed E-state index contributed by atoms with van der Waals surface area (Å²) in [7, 11) is -1.37. The van der Waals surface area contributed by atoms with Crippen LogP contribution in [-0.4, -0.2) is 43.6 Å². The van der Waals surface area contributed by atoms with Gasteiger partial charge in [-0.1, -0.05) is 18.2 Å². The van der Waals surface area contributed by atoms with Crippen LogP contribution in [0.1, 0.15) is 0 Å². The normalized spacial score (nSPS) is 10.7. The van der Waals surface area contributed by atoms with Gasteiger partial charge in [-0.25, -0.2) is 17.9 Å². The van der Waals surface area contributed by atoms with Crippen LogP contribution in [0.25, 0.3) is 0 Å². The number of nitrogens with zero attached hydrogens (tertiary/aromatic N) is 3. The Morgan fingerprint density at radius 2 is 1.57 bits per heavy atom. The molecule has 11 heteroatoms. The van der Waals surface area contributed by atoms with Gasteiger partial charge in [0.2, 0.25) is 5.95 Å². The number of ether oxygens (including phenoxy) is 2. The SMILES string of the molecule is COc1nc(NC(=O)NS(=O)(=O)c2ccccc2)nc(OC)n1. The largest absolute Gasteiger partial charge is 0.467 e. The Labute approximate surface area is 131 Å². The molecule has 2 aromatic rings. The molecule has 2 rings (SSSR count). The topological polar surface area (TPSA) is 132 Å². The molecule has 1 heterocycles. The molecule has 0 radical (unpaired) electrons. The lowest BCUT2D eigenvalue weighted by atomic mass is 10.4. The van der Waals surface area contributed by atoms with Crippen LogP contribution in [-0.2, 0) is 10.0 Å². The number of rotatable bonds is 5. The highest BCUT2D eigenvalue weighted by molar-refractivity contribution is 7.90. The standard InChI is InChI=1S/C12H13N5O5S/c1-21-11-14-9(15-12(16-11)22-2)13-10(18)17-23(19,20)8-6-4-3-5-7-8/h3-7H,1-2H3,(H2,13,14,15,16,17,18). The molecule has 23 heavy (non-hydrogen) atoms. The Balaban J connectivity index is 2.14. The first-order valence-electron chi connectivity index (χ1n) is 6.17. The third-order valence-corrected chi connectivity index (χ3v) is 3.81. The molecular formula is C12H13N5O5S. The average Bonchev–Trinajstić information content (AvgIpc) is 2.54. The third-order valence-electron chi connectivity index (χ3n) is 2.47. The summed E-state index contributed by atoms with van der Waals surface area (Å²) in [6, 6.07) is 6.19. The first kappa shape index (κ1) is 16.4. The van der Waals surface area contributed by atoms with E-state index >= 15 is 0 Å². The predicted octanol–water partition coefficient (Wildman–Crippen LogP) is 0.399. The molecule has 10 nitrogen and oxygen atoms in total. The Morgan fingerprint density at radius 1 is 1.00 bits per heavy atom. The lowest BCUT2D eigenvalue weighted by molar-refractivity contribution is 0.256. The van der Waals surface area contributed by atoms with Gasteiger partial charge in [0.1, 0.15) is 0 Å². The van der Waals surface area contributed by atoms with Crippen LogP contribution in [0.15, 0.2) is 35.2 Å². The number of urea groups is 1. The summed E-state index contributed by atoms with van der Waals surface area (Å²) in [5, 5.41) is 2.17. The van der Waals surface area contributed by atoms with Crippen molar-refractivity contribution < 1.29 is 22.7 Å². The lowest BCUT2D eigenvalue weighted by Crippen LogP contribution is -2.34. The zero-order valence-corrected chi connectivity index (χ0v) is 13.0. The Bertz CT molecular complexity index is 774. The van der Waals surface area contributed by atoms with Crippen LogP contribution in [0.4, 0.5) is 10.7 Å². The number of nitrogens with one attached hydrogen (secondary N) is 2. The summed E-state index contributed by atoms with van der Waals surface area (Å²) in [5.74, 6) is -0.227. The molecule has 1 aromatic carbocycles. The molecule has 0 spiro atoms. The van der Waals surface area contributed by atoms with E-state index in [9.17, 15) is 13.2 Å². The van der Waals surface area contributed by atoms with E-state index in [4.69, 9.17) is 9.47 Å². The predicted molar refractivity (Wildman–Crippen MR) is 78.7 cm³/mol. The maximum absolute atomic E-state index is 12.0. The summed E-state index contributed by atoms with van der Waals surface area (Å²) in [4.78, 5) is 23.0. The molecule has 1 aromatic heterocycles. The van der Waals surface area contributed by atoms with Crippen LogP contribution < -0.4 is 19.5 Å². The second kappa shape index (κ2) is 6.87. The highest BCUT2D eigenvalue weighted by atomic mass is 32.2. The van der Waals surface area contributed by atoms with Gasteiger partial charge in [-0.2, -0.15) is 9.97 Å². The fraction of sp³-hybridized carbons (Fsp3) is 0.167. The summed E-state index contributed by atoms with van der Waals surface area (Å²) < 4.78 is 35.5. The lowest BCUT2D eigenvalue weighted by Gasteiger charge is -2.08. The minimum absolute atomic E-state index is 0.0547. The Kier molecular flexibility index (Phi) is 4.91. The molecule has 2 amide bonds. The molecule has 0 saturated heterocycles. The van der Waals surface area contributed by atoms with Crippen LogP contribution >= 0.6 is 0 Å². The van der Waals surface area contributed by atoms with Gasteiger partial charge in [-0.15, -0.1) is 4.98 Å². The molecule has 122 valence electrons. The van der Waals surface area contributed by atoms with Crippen molar-refractivity contribution in [2.75, 3.05) is 19.5 Å². The summed E-state index contributed by atoms with van der Waals surface area (Å²) in [6.07, 6.45) is 0. The summed E-state index contributed by atoms with van der Waals surface area (Å²) >= 11 is 0. The average molecular weight is 339 g/mol. The number of methoxy groups -OCH3 is 2.